The summed E-state index contributed by atoms with van der Waals surface area (Å²) in [4.78, 5) is 23.3. The Labute approximate surface area is 132 Å². The van der Waals surface area contributed by atoms with Crippen molar-refractivity contribution in [3.63, 3.8) is 0 Å². The molecule has 0 spiro atoms. The van der Waals surface area contributed by atoms with Gasteiger partial charge in [0.2, 0.25) is 0 Å². The molecule has 124 valence electrons. The van der Waals surface area contributed by atoms with Gasteiger partial charge < -0.3 is 0 Å². The molecule has 0 saturated carbocycles. The van der Waals surface area contributed by atoms with Crippen molar-refractivity contribution in [1.29, 1.82) is 0 Å². The van der Waals surface area contributed by atoms with E-state index in [1.165, 1.54) is 13.8 Å². The molecule has 0 N–H and O–H groups in total. The van der Waals surface area contributed by atoms with Gasteiger partial charge in [-0.1, -0.05) is 0 Å². The second-order valence-corrected chi connectivity index (χ2v) is 8.75. The zero-order valence-corrected chi connectivity index (χ0v) is 15.8. The van der Waals surface area contributed by atoms with Crippen LogP contribution in [0.1, 0.15) is 55.4 Å². The SMILES string of the molecule is CC(=O)C([O][Ti]([O]C(C)C)([O]C(C)C)[O]C(C)C)C(C)=O. The van der Waals surface area contributed by atoms with Crippen molar-refractivity contribution in [3.8, 4) is 0 Å². The number of ketones is 2. The molecule has 0 aromatic carbocycles. The van der Waals surface area contributed by atoms with E-state index in [1.54, 1.807) is 0 Å². The van der Waals surface area contributed by atoms with Crippen LogP contribution < -0.4 is 0 Å². The minimum atomic E-state index is -4.22. The average Bonchev–Trinajstić information content (AvgIpc) is 2.21. The van der Waals surface area contributed by atoms with Crippen molar-refractivity contribution in [2.24, 2.45) is 0 Å². The Balaban J connectivity index is 5.48. The maximum absolute atomic E-state index is 11.6. The van der Waals surface area contributed by atoms with Crippen molar-refractivity contribution in [3.05, 3.63) is 0 Å². The molecule has 0 aliphatic carbocycles. The van der Waals surface area contributed by atoms with Crippen molar-refractivity contribution >= 4 is 11.6 Å². The van der Waals surface area contributed by atoms with E-state index in [-0.39, 0.29) is 29.9 Å². The molecule has 0 heterocycles. The molecule has 0 aromatic heterocycles. The Hall–Kier alpha value is -0.106. The van der Waals surface area contributed by atoms with Gasteiger partial charge >= 0.3 is 132 Å². The molecule has 0 fully saturated rings. The molecule has 6 nitrogen and oxygen atoms in total. The first-order valence-corrected chi connectivity index (χ1v) is 9.76. The van der Waals surface area contributed by atoms with Crippen LogP contribution in [-0.2, 0) is 41.0 Å². The fourth-order valence-corrected chi connectivity index (χ4v) is 5.82. The van der Waals surface area contributed by atoms with E-state index >= 15 is 0 Å². The molecule has 0 rings (SSSR count). The third kappa shape index (κ3) is 8.19. The fourth-order valence-electron chi connectivity index (χ4n) is 1.63. The van der Waals surface area contributed by atoms with E-state index in [9.17, 15) is 9.59 Å². The summed E-state index contributed by atoms with van der Waals surface area (Å²) in [7, 11) is 0. The van der Waals surface area contributed by atoms with E-state index < -0.39 is 24.2 Å². The monoisotopic (exact) mass is 340 g/mol. The quantitative estimate of drug-likeness (QED) is 0.450. The first-order chi connectivity index (χ1) is 9.49. The molecule has 0 bridgehead atoms. The van der Waals surface area contributed by atoms with Gasteiger partial charge in [0, 0.05) is 0 Å². The normalized spacial score (nSPS) is 12.8. The third-order valence-electron chi connectivity index (χ3n) is 2.14. The average molecular weight is 340 g/mol. The molecule has 0 atom stereocenters. The van der Waals surface area contributed by atoms with Gasteiger partial charge in [0.25, 0.3) is 0 Å². The Morgan fingerprint density at radius 3 is 1.14 bits per heavy atom. The van der Waals surface area contributed by atoms with Crippen LogP contribution in [0.4, 0.5) is 0 Å². The van der Waals surface area contributed by atoms with Gasteiger partial charge in [-0.3, -0.25) is 0 Å². The topological polar surface area (TPSA) is 71.1 Å². The summed E-state index contributed by atoms with van der Waals surface area (Å²) in [6.45, 7) is 13.6. The molecule has 0 aliphatic heterocycles. The Morgan fingerprint density at radius 1 is 0.667 bits per heavy atom. The van der Waals surface area contributed by atoms with Crippen LogP contribution in [0.5, 0.6) is 0 Å². The van der Waals surface area contributed by atoms with Gasteiger partial charge in [0.05, 0.1) is 0 Å². The van der Waals surface area contributed by atoms with Gasteiger partial charge in [-0.2, -0.15) is 0 Å². The van der Waals surface area contributed by atoms with Crippen LogP contribution >= 0.6 is 0 Å². The van der Waals surface area contributed by atoms with Crippen LogP contribution in [0.25, 0.3) is 0 Å². The minimum absolute atomic E-state index is 0.206. The summed E-state index contributed by atoms with van der Waals surface area (Å²) in [6, 6.07) is 0. The number of carbonyl (C=O) groups is 2. The standard InChI is InChI=1S/C5H7O3.3C3H7O.Ti/c1-3(6)5(8)4(2)7;3*1-3(2)4;/h5H,1-2H3;3*3H,1-2H3;/q4*-1;+4. The summed E-state index contributed by atoms with van der Waals surface area (Å²) in [5, 5.41) is 0. The summed E-state index contributed by atoms with van der Waals surface area (Å²) < 4.78 is 23.1. The molecular formula is C14H28O6Ti. The second kappa shape index (κ2) is 9.13. The number of carbonyl (C=O) groups excluding carboxylic acids is 2. The zero-order valence-electron chi connectivity index (χ0n) is 14.3. The van der Waals surface area contributed by atoms with Gasteiger partial charge in [-0.05, 0) is 0 Å². The molecule has 0 saturated heterocycles. The van der Waals surface area contributed by atoms with Crippen LogP contribution in [0.3, 0.4) is 0 Å². The molecule has 21 heavy (non-hydrogen) atoms. The Morgan fingerprint density at radius 2 is 0.952 bits per heavy atom. The predicted molar refractivity (Wildman–Crippen MR) is 74.9 cm³/mol. The van der Waals surface area contributed by atoms with Gasteiger partial charge in [0.15, 0.2) is 0 Å². The molecule has 0 unspecified atom stereocenters. The second-order valence-electron chi connectivity index (χ2n) is 5.72. The summed E-state index contributed by atoms with van der Waals surface area (Å²) in [5.41, 5.74) is 0. The van der Waals surface area contributed by atoms with Gasteiger partial charge in [-0.15, -0.1) is 0 Å². The Kier molecular flexibility index (Phi) is 9.08. The van der Waals surface area contributed by atoms with E-state index in [0.717, 1.165) is 0 Å². The first kappa shape index (κ1) is 20.9. The molecule has 0 aliphatic rings. The van der Waals surface area contributed by atoms with E-state index in [4.69, 9.17) is 13.3 Å². The van der Waals surface area contributed by atoms with E-state index in [0.29, 0.717) is 0 Å². The van der Waals surface area contributed by atoms with Crippen molar-refractivity contribution < 1.29 is 41.0 Å². The van der Waals surface area contributed by atoms with Crippen LogP contribution in [-0.4, -0.2) is 36.0 Å². The van der Waals surface area contributed by atoms with Crippen molar-refractivity contribution in [1.82, 2.24) is 0 Å². The molecular weight excluding hydrogens is 312 g/mol. The third-order valence-corrected chi connectivity index (χ3v) is 6.52. The fraction of sp³-hybridized carbons (Fsp3) is 0.857. The van der Waals surface area contributed by atoms with Gasteiger partial charge in [0.1, 0.15) is 0 Å². The van der Waals surface area contributed by atoms with E-state index in [1.807, 2.05) is 41.5 Å². The molecule has 7 heteroatoms. The van der Waals surface area contributed by atoms with Crippen LogP contribution in [0.15, 0.2) is 0 Å². The zero-order chi connectivity index (χ0) is 16.8. The summed E-state index contributed by atoms with van der Waals surface area (Å²) in [6.07, 6.45) is -1.83. The van der Waals surface area contributed by atoms with Gasteiger partial charge in [-0.25, -0.2) is 0 Å². The first-order valence-electron chi connectivity index (χ1n) is 7.21. The maximum atomic E-state index is 11.6. The van der Waals surface area contributed by atoms with Crippen molar-refractivity contribution in [2.45, 2.75) is 79.8 Å². The number of rotatable bonds is 10. The number of Topliss-reactive ketones (excluding diaryl/α,β-unsaturated/α-hetero) is 2. The molecule has 0 amide bonds. The molecule has 0 aromatic rings. The number of hydrogen-bond acceptors (Lipinski definition) is 6. The Bertz CT molecular complexity index is 313. The van der Waals surface area contributed by atoms with Crippen molar-refractivity contribution in [2.75, 3.05) is 0 Å². The van der Waals surface area contributed by atoms with E-state index in [2.05, 4.69) is 0 Å². The predicted octanol–water partition coefficient (Wildman–Crippen LogP) is 2.64. The van der Waals surface area contributed by atoms with Crippen LogP contribution in [0, 0.1) is 0 Å². The van der Waals surface area contributed by atoms with Crippen LogP contribution in [0.2, 0.25) is 0 Å². The summed E-state index contributed by atoms with van der Waals surface area (Å²) >= 11 is -4.22. The summed E-state index contributed by atoms with van der Waals surface area (Å²) in [5.74, 6) is -0.769. The molecule has 0 radical (unpaired) electrons. The number of hydrogen-bond donors (Lipinski definition) is 0.